The molecule has 5 nitrogen and oxygen atoms in total. The summed E-state index contributed by atoms with van der Waals surface area (Å²) in [4.78, 5) is 0. The Hall–Kier alpha value is -2.08. The van der Waals surface area contributed by atoms with E-state index >= 15 is 0 Å². The predicted octanol–water partition coefficient (Wildman–Crippen LogP) is 2.88. The van der Waals surface area contributed by atoms with E-state index in [0.717, 1.165) is 11.0 Å². The molecule has 1 heterocycles. The molecule has 0 unspecified atom stereocenters. The van der Waals surface area contributed by atoms with Gasteiger partial charge in [0.05, 0.1) is 11.6 Å². The molecule has 1 N–H and O–H groups in total. The summed E-state index contributed by atoms with van der Waals surface area (Å²) < 4.78 is 28.1. The van der Waals surface area contributed by atoms with Crippen LogP contribution in [0.1, 0.15) is 25.5 Å². The van der Waals surface area contributed by atoms with E-state index in [0.29, 0.717) is 5.82 Å². The molecule has 2 aromatic rings. The lowest BCUT2D eigenvalue weighted by molar-refractivity contribution is 0.539. The Morgan fingerprint density at radius 2 is 1.90 bits per heavy atom. The van der Waals surface area contributed by atoms with Gasteiger partial charge in [0.15, 0.2) is 0 Å². The SMILES string of the molecule is CC(C)n1nccc1NS(=O)(=O)/C=C/c1ccccc1. The Bertz CT molecular complexity index is 688. The minimum atomic E-state index is -3.55. The number of rotatable bonds is 5. The summed E-state index contributed by atoms with van der Waals surface area (Å²) in [6, 6.07) is 11.0. The molecule has 0 saturated heterocycles. The van der Waals surface area contributed by atoms with Crippen LogP contribution in [0.4, 0.5) is 5.82 Å². The van der Waals surface area contributed by atoms with Crippen molar-refractivity contribution in [3.05, 3.63) is 53.6 Å². The minimum absolute atomic E-state index is 0.0841. The maximum absolute atomic E-state index is 12.0. The van der Waals surface area contributed by atoms with Gasteiger partial charge in [0, 0.05) is 12.1 Å². The van der Waals surface area contributed by atoms with Crippen molar-refractivity contribution in [2.75, 3.05) is 4.72 Å². The average Bonchev–Trinajstić information content (AvgIpc) is 2.85. The molecule has 0 saturated carbocycles. The van der Waals surface area contributed by atoms with Crippen molar-refractivity contribution in [2.24, 2.45) is 0 Å². The van der Waals surface area contributed by atoms with E-state index in [2.05, 4.69) is 9.82 Å². The minimum Gasteiger partial charge on any atom is -0.264 e. The Balaban J connectivity index is 2.16. The lowest BCUT2D eigenvalue weighted by atomic mass is 10.2. The number of benzene rings is 1. The van der Waals surface area contributed by atoms with E-state index in [1.54, 1.807) is 23.0 Å². The second-order valence-electron chi connectivity index (χ2n) is 4.62. The van der Waals surface area contributed by atoms with Gasteiger partial charge in [-0.25, -0.2) is 13.1 Å². The third kappa shape index (κ3) is 3.71. The highest BCUT2D eigenvalue weighted by Crippen LogP contribution is 2.15. The van der Waals surface area contributed by atoms with E-state index in [1.807, 2.05) is 44.2 Å². The van der Waals surface area contributed by atoms with Crippen LogP contribution in [-0.2, 0) is 10.0 Å². The van der Waals surface area contributed by atoms with Gasteiger partial charge < -0.3 is 0 Å². The smallest absolute Gasteiger partial charge is 0.256 e. The molecule has 0 amide bonds. The van der Waals surface area contributed by atoms with Crippen LogP contribution in [0, 0.1) is 0 Å². The van der Waals surface area contributed by atoms with Crippen molar-refractivity contribution >= 4 is 21.9 Å². The number of hydrogen-bond donors (Lipinski definition) is 1. The van der Waals surface area contributed by atoms with Gasteiger partial charge in [-0.3, -0.25) is 4.72 Å². The highest BCUT2D eigenvalue weighted by molar-refractivity contribution is 7.95. The van der Waals surface area contributed by atoms with Gasteiger partial charge >= 0.3 is 0 Å². The van der Waals surface area contributed by atoms with Crippen LogP contribution in [-0.4, -0.2) is 18.2 Å². The summed E-state index contributed by atoms with van der Waals surface area (Å²) in [7, 11) is -3.55. The predicted molar refractivity (Wildman–Crippen MR) is 80.6 cm³/mol. The van der Waals surface area contributed by atoms with E-state index in [1.165, 1.54) is 0 Å². The summed E-state index contributed by atoms with van der Waals surface area (Å²) in [6.07, 6.45) is 3.12. The molecule has 0 fully saturated rings. The molecule has 0 spiro atoms. The Morgan fingerprint density at radius 3 is 2.55 bits per heavy atom. The van der Waals surface area contributed by atoms with Crippen LogP contribution >= 0.6 is 0 Å². The largest absolute Gasteiger partial charge is 0.264 e. The lowest BCUT2D eigenvalue weighted by Crippen LogP contribution is -2.14. The third-order valence-electron chi connectivity index (χ3n) is 2.65. The van der Waals surface area contributed by atoms with Crippen LogP contribution in [0.15, 0.2) is 48.0 Å². The number of nitrogens with one attached hydrogen (secondary N) is 1. The molecular weight excluding hydrogens is 274 g/mol. The zero-order chi connectivity index (χ0) is 14.6. The molecule has 0 aliphatic carbocycles. The molecule has 2 rings (SSSR count). The molecule has 1 aromatic heterocycles. The van der Waals surface area contributed by atoms with Crippen LogP contribution in [0.3, 0.4) is 0 Å². The number of nitrogens with zero attached hydrogens (tertiary/aromatic N) is 2. The molecule has 6 heteroatoms. The summed E-state index contributed by atoms with van der Waals surface area (Å²) in [5, 5.41) is 5.24. The first kappa shape index (κ1) is 14.3. The van der Waals surface area contributed by atoms with E-state index in [4.69, 9.17) is 0 Å². The Morgan fingerprint density at radius 1 is 1.20 bits per heavy atom. The van der Waals surface area contributed by atoms with Crippen LogP contribution < -0.4 is 4.72 Å². The standard InChI is InChI=1S/C14H17N3O2S/c1-12(2)17-14(8-10-15-17)16-20(18,19)11-9-13-6-4-3-5-7-13/h3-12,16H,1-2H3/b11-9+. The van der Waals surface area contributed by atoms with Crippen LogP contribution in [0.5, 0.6) is 0 Å². The first-order valence-electron chi connectivity index (χ1n) is 6.27. The summed E-state index contributed by atoms with van der Waals surface area (Å²) >= 11 is 0. The van der Waals surface area contributed by atoms with Gasteiger partial charge in [-0.1, -0.05) is 30.3 Å². The number of aromatic nitrogens is 2. The molecule has 0 radical (unpaired) electrons. The first-order chi connectivity index (χ1) is 9.48. The summed E-state index contributed by atoms with van der Waals surface area (Å²) in [5.74, 6) is 0.456. The fourth-order valence-corrected chi connectivity index (χ4v) is 2.58. The number of hydrogen-bond acceptors (Lipinski definition) is 3. The fraction of sp³-hybridized carbons (Fsp3) is 0.214. The van der Waals surface area contributed by atoms with E-state index in [9.17, 15) is 8.42 Å². The second kappa shape index (κ2) is 5.92. The molecule has 0 bridgehead atoms. The van der Waals surface area contributed by atoms with Crippen molar-refractivity contribution in [3.8, 4) is 0 Å². The van der Waals surface area contributed by atoms with Gasteiger partial charge in [-0.15, -0.1) is 0 Å². The van der Waals surface area contributed by atoms with Crippen molar-refractivity contribution in [1.82, 2.24) is 9.78 Å². The van der Waals surface area contributed by atoms with Crippen molar-refractivity contribution < 1.29 is 8.42 Å². The summed E-state index contributed by atoms with van der Waals surface area (Å²) in [5.41, 5.74) is 0.829. The monoisotopic (exact) mass is 291 g/mol. The van der Waals surface area contributed by atoms with Gasteiger partial charge in [0.25, 0.3) is 10.0 Å². The van der Waals surface area contributed by atoms with Crippen LogP contribution in [0.25, 0.3) is 6.08 Å². The van der Waals surface area contributed by atoms with Gasteiger partial charge in [-0.2, -0.15) is 5.10 Å². The normalized spacial score (nSPS) is 12.2. The molecule has 1 aromatic carbocycles. The molecular formula is C14H17N3O2S. The number of anilines is 1. The van der Waals surface area contributed by atoms with E-state index < -0.39 is 10.0 Å². The van der Waals surface area contributed by atoms with Crippen molar-refractivity contribution in [1.29, 1.82) is 0 Å². The zero-order valence-corrected chi connectivity index (χ0v) is 12.2. The zero-order valence-electron chi connectivity index (χ0n) is 11.4. The second-order valence-corrected chi connectivity index (χ2v) is 6.18. The average molecular weight is 291 g/mol. The van der Waals surface area contributed by atoms with E-state index in [-0.39, 0.29) is 6.04 Å². The lowest BCUT2D eigenvalue weighted by Gasteiger charge is -2.11. The summed E-state index contributed by atoms with van der Waals surface area (Å²) in [6.45, 7) is 3.87. The maximum atomic E-state index is 12.0. The molecule has 106 valence electrons. The third-order valence-corrected chi connectivity index (χ3v) is 3.63. The quantitative estimate of drug-likeness (QED) is 0.921. The molecule has 0 aliphatic rings. The molecule has 20 heavy (non-hydrogen) atoms. The van der Waals surface area contributed by atoms with Gasteiger partial charge in [0.1, 0.15) is 5.82 Å². The fourth-order valence-electron chi connectivity index (χ4n) is 1.72. The van der Waals surface area contributed by atoms with Crippen molar-refractivity contribution in [2.45, 2.75) is 19.9 Å². The van der Waals surface area contributed by atoms with Gasteiger partial charge in [0.2, 0.25) is 0 Å². The Labute approximate surface area is 119 Å². The maximum Gasteiger partial charge on any atom is 0.256 e. The highest BCUT2D eigenvalue weighted by atomic mass is 32.2. The van der Waals surface area contributed by atoms with Crippen molar-refractivity contribution in [3.63, 3.8) is 0 Å². The van der Waals surface area contributed by atoms with Crippen LogP contribution in [0.2, 0.25) is 0 Å². The Kier molecular flexibility index (Phi) is 4.24. The number of sulfonamides is 1. The topological polar surface area (TPSA) is 64.0 Å². The highest BCUT2D eigenvalue weighted by Gasteiger charge is 2.11. The first-order valence-corrected chi connectivity index (χ1v) is 7.82. The molecule has 0 aliphatic heterocycles. The van der Waals surface area contributed by atoms with Gasteiger partial charge in [-0.05, 0) is 25.5 Å². The molecule has 0 atom stereocenters.